The summed E-state index contributed by atoms with van der Waals surface area (Å²) in [6, 6.07) is 26.6. The monoisotopic (exact) mass is 1350 g/mol. The summed E-state index contributed by atoms with van der Waals surface area (Å²) in [6.45, 7) is 10.5. The average molecular weight is 1360 g/mol. The first-order valence-corrected chi connectivity index (χ1v) is 42.7. The maximum absolute atomic E-state index is 16.1. The van der Waals surface area contributed by atoms with Crippen molar-refractivity contribution in [2.75, 3.05) is 13.1 Å². The van der Waals surface area contributed by atoms with Crippen LogP contribution in [0, 0.1) is 11.8 Å². The van der Waals surface area contributed by atoms with E-state index in [2.05, 4.69) is 133 Å². The Kier molecular flexibility index (Phi) is 35.1. The highest BCUT2D eigenvalue weighted by atomic mass is 32.1. The molecule has 8 rings (SSSR count). The lowest BCUT2D eigenvalue weighted by Gasteiger charge is -2.27. The number of carbonyl (C=O) groups is 2. The van der Waals surface area contributed by atoms with Gasteiger partial charge in [-0.15, -0.1) is 68.0 Å². The Labute approximate surface area is 583 Å². The molecule has 2 atom stereocenters. The van der Waals surface area contributed by atoms with Gasteiger partial charge in [0.05, 0.1) is 32.3 Å². The Hall–Kier alpha value is -3.64. The summed E-state index contributed by atoms with van der Waals surface area (Å²) in [6.07, 6.45) is 59.6. The SMILES string of the molecule is CCCCCCCCCCCCC(CCCCCCCCCC)CCN1C(=O)C2=C(c3ccc(-c4ccc(/C=C\c5ccc(-c6cccs6)s5)s4)s3)N(CCC(CCCCCCCCCC)CCCCCCCCCCCC)C(=O)C2=C1c1ccc(-c2cccs2)s1. The third-order valence-corrected chi connectivity index (χ3v) is 26.3. The molecular weight excluding hydrogens is 1240 g/mol. The van der Waals surface area contributed by atoms with Gasteiger partial charge >= 0.3 is 0 Å². The molecule has 0 saturated heterocycles. The number of nitrogens with zero attached hydrogens (tertiary/aromatic N) is 2. The molecular formula is C82H118N2O2S6. The van der Waals surface area contributed by atoms with Crippen LogP contribution >= 0.6 is 68.0 Å². The van der Waals surface area contributed by atoms with Gasteiger partial charge in [-0.3, -0.25) is 9.59 Å². The quantitative estimate of drug-likeness (QED) is 0.0357. The first-order chi connectivity index (χ1) is 45.4. The molecule has 0 fully saturated rings. The van der Waals surface area contributed by atoms with Crippen LogP contribution in [-0.2, 0) is 9.59 Å². The van der Waals surface area contributed by atoms with Crippen molar-refractivity contribution in [3.63, 3.8) is 0 Å². The summed E-state index contributed by atoms with van der Waals surface area (Å²) in [5.74, 6) is 1.18. The molecule has 2 aliphatic heterocycles. The van der Waals surface area contributed by atoms with Crippen molar-refractivity contribution in [1.82, 2.24) is 9.80 Å². The van der Waals surface area contributed by atoms with Crippen LogP contribution in [0.3, 0.4) is 0 Å². The van der Waals surface area contributed by atoms with E-state index in [9.17, 15) is 0 Å². The number of unbranched alkanes of at least 4 members (excludes halogenated alkanes) is 32. The molecule has 0 bridgehead atoms. The van der Waals surface area contributed by atoms with Crippen LogP contribution in [0.15, 0.2) is 94.7 Å². The minimum absolute atomic E-state index is 0.0341. The molecule has 4 nitrogen and oxygen atoms in total. The second-order valence-corrected chi connectivity index (χ2v) is 33.5. The van der Waals surface area contributed by atoms with E-state index >= 15 is 9.59 Å². The molecule has 2 aliphatic rings. The van der Waals surface area contributed by atoms with Gasteiger partial charge < -0.3 is 9.80 Å². The van der Waals surface area contributed by atoms with Crippen LogP contribution in [0.2, 0.25) is 0 Å². The van der Waals surface area contributed by atoms with Crippen molar-refractivity contribution in [2.45, 2.75) is 297 Å². The largest absolute Gasteiger partial charge is 0.306 e. The first kappa shape index (κ1) is 74.2. The predicted octanol–water partition coefficient (Wildman–Crippen LogP) is 28.7. The molecule has 0 radical (unpaired) electrons. The Morgan fingerprint density at radius 2 is 0.576 bits per heavy atom. The number of amides is 2. The van der Waals surface area contributed by atoms with Crippen molar-refractivity contribution in [3.8, 4) is 29.3 Å². The predicted molar refractivity (Wildman–Crippen MR) is 413 cm³/mol. The van der Waals surface area contributed by atoms with Gasteiger partial charge in [-0.1, -0.05) is 297 Å². The molecule has 10 heteroatoms. The standard InChI is InChI=1S/C82H118N2O2S6/c1-5-9-13-17-21-25-27-31-35-39-45-65(43-37-33-29-23-19-15-11-7-3)59-61-83-79(75-57-55-72(91-75)70-48-42-64-88-70)77-78(82(83)86)80(76-58-56-74(92-76)73-54-52-68(90-73)50-49-67-51-53-71(89-67)69-47-41-63-87-69)84(81(77)85)62-60-66(44-38-34-30-24-20-16-12-8-4)46-40-36-32-28-26-22-18-14-10-6-2/h41-42,47-58,63-66H,5-40,43-46,59-62H2,1-4H3/b50-49-. The highest BCUT2D eigenvalue weighted by Crippen LogP contribution is 2.51. The molecule has 0 saturated carbocycles. The molecule has 8 heterocycles. The van der Waals surface area contributed by atoms with E-state index in [4.69, 9.17) is 0 Å². The number of carbonyl (C=O) groups excluding carboxylic acids is 2. The second-order valence-electron chi connectivity index (χ2n) is 27.2. The van der Waals surface area contributed by atoms with Crippen molar-refractivity contribution in [2.24, 2.45) is 11.8 Å². The van der Waals surface area contributed by atoms with Crippen LogP contribution < -0.4 is 0 Å². The Balaban J connectivity index is 1.07. The summed E-state index contributed by atoms with van der Waals surface area (Å²) in [7, 11) is 0. The number of rotatable bonds is 53. The van der Waals surface area contributed by atoms with E-state index < -0.39 is 0 Å². The van der Waals surface area contributed by atoms with Crippen molar-refractivity contribution >= 4 is 103 Å². The summed E-state index contributed by atoms with van der Waals surface area (Å²) >= 11 is 10.7. The topological polar surface area (TPSA) is 40.6 Å². The lowest BCUT2D eigenvalue weighted by atomic mass is 9.91. The van der Waals surface area contributed by atoms with Crippen molar-refractivity contribution in [1.29, 1.82) is 0 Å². The molecule has 6 aromatic heterocycles. The Morgan fingerprint density at radius 1 is 0.304 bits per heavy atom. The Morgan fingerprint density at radius 3 is 0.891 bits per heavy atom. The second kappa shape index (κ2) is 43.5. The lowest BCUT2D eigenvalue weighted by Crippen LogP contribution is -2.32. The highest BCUT2D eigenvalue weighted by Gasteiger charge is 2.49. The summed E-state index contributed by atoms with van der Waals surface area (Å²) in [5.41, 5.74) is 3.04. The Bertz CT molecular complexity index is 3050. The number of hydrogen-bond acceptors (Lipinski definition) is 8. The zero-order valence-corrected chi connectivity index (χ0v) is 62.6. The van der Waals surface area contributed by atoms with E-state index in [1.165, 1.54) is 296 Å². The van der Waals surface area contributed by atoms with Crippen LogP contribution in [0.1, 0.15) is 317 Å². The van der Waals surface area contributed by atoms with Crippen molar-refractivity contribution < 1.29 is 9.59 Å². The van der Waals surface area contributed by atoms with Gasteiger partial charge in [0.15, 0.2) is 0 Å². The number of hydrogen-bond donors (Lipinski definition) is 0. The van der Waals surface area contributed by atoms with Crippen molar-refractivity contribution in [3.05, 3.63) is 114 Å². The molecule has 0 aromatic carbocycles. The molecule has 6 aromatic rings. The van der Waals surface area contributed by atoms with E-state index in [1.54, 1.807) is 45.3 Å². The van der Waals surface area contributed by atoms with Crippen LogP contribution in [0.25, 0.3) is 52.8 Å². The first-order valence-electron chi connectivity index (χ1n) is 37.7. The van der Waals surface area contributed by atoms with Gasteiger partial charge in [0.25, 0.3) is 11.8 Å². The summed E-state index contributed by atoms with van der Waals surface area (Å²) in [5, 5.41) is 4.31. The molecule has 504 valence electrons. The van der Waals surface area contributed by atoms with E-state index in [0.29, 0.717) is 36.1 Å². The maximum atomic E-state index is 16.1. The summed E-state index contributed by atoms with van der Waals surface area (Å²) in [4.78, 5) is 48.4. The number of thiophene rings is 6. The minimum Gasteiger partial charge on any atom is -0.306 e. The number of fused-ring (bicyclic) bond motifs is 1. The van der Waals surface area contributed by atoms with Gasteiger partial charge in [-0.25, -0.2) is 0 Å². The molecule has 0 spiro atoms. The molecule has 0 N–H and O–H groups in total. The minimum atomic E-state index is 0.0341. The van der Waals surface area contributed by atoms with E-state index in [-0.39, 0.29) is 11.8 Å². The highest BCUT2D eigenvalue weighted by molar-refractivity contribution is 7.23. The van der Waals surface area contributed by atoms with Gasteiger partial charge in [0.2, 0.25) is 0 Å². The van der Waals surface area contributed by atoms with E-state index in [1.807, 2.05) is 22.7 Å². The van der Waals surface area contributed by atoms with Gasteiger partial charge in [0.1, 0.15) is 0 Å². The fourth-order valence-corrected chi connectivity index (χ4v) is 19.9. The third-order valence-electron chi connectivity index (χ3n) is 19.7. The third kappa shape index (κ3) is 24.2. The smallest absolute Gasteiger partial charge is 0.261 e. The lowest BCUT2D eigenvalue weighted by molar-refractivity contribution is -0.124. The molecule has 2 amide bonds. The fourth-order valence-electron chi connectivity index (χ4n) is 14.1. The van der Waals surface area contributed by atoms with Crippen LogP contribution in [0.5, 0.6) is 0 Å². The zero-order valence-electron chi connectivity index (χ0n) is 57.7. The molecule has 2 unspecified atom stereocenters. The van der Waals surface area contributed by atoms with Gasteiger partial charge in [-0.2, -0.15) is 0 Å². The van der Waals surface area contributed by atoms with Crippen LogP contribution in [0.4, 0.5) is 0 Å². The fraction of sp³-hybridized carbons (Fsp3) is 0.610. The molecule has 92 heavy (non-hydrogen) atoms. The van der Waals surface area contributed by atoms with Gasteiger partial charge in [-0.05, 0) is 108 Å². The van der Waals surface area contributed by atoms with E-state index in [0.717, 1.165) is 34.0 Å². The maximum Gasteiger partial charge on any atom is 0.261 e. The zero-order chi connectivity index (χ0) is 64.2. The van der Waals surface area contributed by atoms with Gasteiger partial charge in [0, 0.05) is 52.1 Å². The van der Waals surface area contributed by atoms with Crippen LogP contribution in [-0.4, -0.2) is 34.7 Å². The normalized spacial score (nSPS) is 14.3. The average Bonchev–Trinajstić information content (AvgIpc) is 1.56. The summed E-state index contributed by atoms with van der Waals surface area (Å²) < 4.78 is 0. The molecule has 0 aliphatic carbocycles.